The van der Waals surface area contributed by atoms with Crippen molar-refractivity contribution in [2.75, 3.05) is 7.11 Å². The highest BCUT2D eigenvalue weighted by atomic mass is 19.1. The predicted molar refractivity (Wildman–Crippen MR) is 80.5 cm³/mol. The summed E-state index contributed by atoms with van der Waals surface area (Å²) >= 11 is 0. The van der Waals surface area contributed by atoms with Crippen LogP contribution < -0.4 is 10.5 Å². The summed E-state index contributed by atoms with van der Waals surface area (Å²) in [6.07, 6.45) is 3.26. The van der Waals surface area contributed by atoms with Gasteiger partial charge in [0.15, 0.2) is 11.6 Å². The SMILES string of the molecule is COc1cccc(C(C)(C)C2CCC(C)CC2N)c1F. The number of halogens is 1. The van der Waals surface area contributed by atoms with Crippen LogP contribution in [0.5, 0.6) is 5.75 Å². The van der Waals surface area contributed by atoms with Crippen molar-refractivity contribution in [3.8, 4) is 5.75 Å². The molecule has 112 valence electrons. The zero-order chi connectivity index (χ0) is 14.9. The molecule has 0 aliphatic heterocycles. The van der Waals surface area contributed by atoms with Gasteiger partial charge in [-0.05, 0) is 41.7 Å². The summed E-state index contributed by atoms with van der Waals surface area (Å²) in [6.45, 7) is 6.45. The Morgan fingerprint density at radius 2 is 2.00 bits per heavy atom. The molecule has 0 heterocycles. The summed E-state index contributed by atoms with van der Waals surface area (Å²) in [7, 11) is 1.50. The number of benzene rings is 1. The second-order valence-electron chi connectivity index (χ2n) is 6.73. The Morgan fingerprint density at radius 1 is 1.30 bits per heavy atom. The quantitative estimate of drug-likeness (QED) is 0.911. The largest absolute Gasteiger partial charge is 0.494 e. The molecule has 3 unspecified atom stereocenters. The van der Waals surface area contributed by atoms with Gasteiger partial charge in [0.25, 0.3) is 0 Å². The van der Waals surface area contributed by atoms with Crippen LogP contribution >= 0.6 is 0 Å². The van der Waals surface area contributed by atoms with Crippen LogP contribution in [0.15, 0.2) is 18.2 Å². The van der Waals surface area contributed by atoms with Gasteiger partial charge in [-0.1, -0.05) is 39.3 Å². The molecular weight excluding hydrogens is 253 g/mol. The first-order valence-corrected chi connectivity index (χ1v) is 7.46. The fourth-order valence-electron chi connectivity index (χ4n) is 3.69. The Balaban J connectivity index is 2.34. The summed E-state index contributed by atoms with van der Waals surface area (Å²) < 4.78 is 19.7. The molecule has 3 heteroatoms. The number of rotatable bonds is 3. The Hall–Kier alpha value is -1.09. The van der Waals surface area contributed by atoms with Crippen molar-refractivity contribution >= 4 is 0 Å². The smallest absolute Gasteiger partial charge is 0.168 e. The summed E-state index contributed by atoms with van der Waals surface area (Å²) in [4.78, 5) is 0. The second kappa shape index (κ2) is 5.72. The van der Waals surface area contributed by atoms with Crippen molar-refractivity contribution < 1.29 is 9.13 Å². The minimum Gasteiger partial charge on any atom is -0.494 e. The molecule has 2 nitrogen and oxygen atoms in total. The molecule has 0 spiro atoms. The molecule has 1 aliphatic rings. The Kier molecular flexibility index (Phi) is 4.38. The van der Waals surface area contributed by atoms with E-state index >= 15 is 0 Å². The van der Waals surface area contributed by atoms with Gasteiger partial charge >= 0.3 is 0 Å². The molecule has 2 N–H and O–H groups in total. The molecular formula is C17H26FNO. The van der Waals surface area contributed by atoms with Crippen LogP contribution in [-0.4, -0.2) is 13.2 Å². The lowest BCUT2D eigenvalue weighted by molar-refractivity contribution is 0.167. The lowest BCUT2D eigenvalue weighted by Gasteiger charge is -2.43. The zero-order valence-electron chi connectivity index (χ0n) is 12.9. The minimum absolute atomic E-state index is 0.138. The van der Waals surface area contributed by atoms with Crippen LogP contribution in [0, 0.1) is 17.7 Å². The average molecular weight is 279 g/mol. The van der Waals surface area contributed by atoms with Gasteiger partial charge in [0.05, 0.1) is 7.11 Å². The van der Waals surface area contributed by atoms with E-state index in [1.54, 1.807) is 6.07 Å². The normalized spacial score (nSPS) is 27.4. The van der Waals surface area contributed by atoms with Gasteiger partial charge in [0.1, 0.15) is 0 Å². The van der Waals surface area contributed by atoms with E-state index in [1.807, 2.05) is 12.1 Å². The fraction of sp³-hybridized carbons (Fsp3) is 0.647. The van der Waals surface area contributed by atoms with Gasteiger partial charge in [-0.25, -0.2) is 4.39 Å². The average Bonchev–Trinajstić information content (AvgIpc) is 2.38. The fourth-order valence-corrected chi connectivity index (χ4v) is 3.69. The van der Waals surface area contributed by atoms with Crippen LogP contribution in [0.25, 0.3) is 0 Å². The van der Waals surface area contributed by atoms with Crippen LogP contribution in [0.2, 0.25) is 0 Å². The molecule has 0 bridgehead atoms. The van der Waals surface area contributed by atoms with Crippen molar-refractivity contribution in [2.45, 2.75) is 51.5 Å². The maximum atomic E-state index is 14.6. The van der Waals surface area contributed by atoms with Gasteiger partial charge < -0.3 is 10.5 Å². The summed E-state index contributed by atoms with van der Waals surface area (Å²) in [5.74, 6) is 1.05. The maximum Gasteiger partial charge on any atom is 0.168 e. The van der Waals surface area contributed by atoms with E-state index in [-0.39, 0.29) is 17.3 Å². The van der Waals surface area contributed by atoms with E-state index in [4.69, 9.17) is 10.5 Å². The first-order chi connectivity index (χ1) is 9.37. The van der Waals surface area contributed by atoms with E-state index in [0.717, 1.165) is 12.8 Å². The van der Waals surface area contributed by atoms with Crippen molar-refractivity contribution in [3.05, 3.63) is 29.6 Å². The lowest BCUT2D eigenvalue weighted by atomic mass is 9.64. The molecule has 0 radical (unpaired) electrons. The lowest BCUT2D eigenvalue weighted by Crippen LogP contribution is -2.46. The monoisotopic (exact) mass is 279 g/mol. The highest BCUT2D eigenvalue weighted by molar-refractivity contribution is 5.36. The van der Waals surface area contributed by atoms with E-state index in [0.29, 0.717) is 23.1 Å². The third-order valence-corrected chi connectivity index (χ3v) is 4.97. The van der Waals surface area contributed by atoms with Crippen LogP contribution in [0.4, 0.5) is 4.39 Å². The van der Waals surface area contributed by atoms with Crippen LogP contribution in [-0.2, 0) is 5.41 Å². The van der Waals surface area contributed by atoms with Crippen molar-refractivity contribution in [1.29, 1.82) is 0 Å². The summed E-state index contributed by atoms with van der Waals surface area (Å²) in [5.41, 5.74) is 6.79. The summed E-state index contributed by atoms with van der Waals surface area (Å²) in [5, 5.41) is 0. The van der Waals surface area contributed by atoms with Gasteiger partial charge in [0, 0.05) is 6.04 Å². The van der Waals surface area contributed by atoms with Gasteiger partial charge in [0.2, 0.25) is 0 Å². The van der Waals surface area contributed by atoms with Gasteiger partial charge in [-0.15, -0.1) is 0 Å². The minimum atomic E-state index is -0.280. The number of ether oxygens (including phenoxy) is 1. The summed E-state index contributed by atoms with van der Waals surface area (Å²) in [6, 6.07) is 5.52. The van der Waals surface area contributed by atoms with Crippen LogP contribution in [0.1, 0.15) is 45.6 Å². The third-order valence-electron chi connectivity index (χ3n) is 4.97. The highest BCUT2D eigenvalue weighted by Crippen LogP contribution is 2.43. The molecule has 1 fully saturated rings. The molecule has 1 saturated carbocycles. The maximum absolute atomic E-state index is 14.6. The standard InChI is InChI=1S/C17H26FNO/c1-11-8-9-12(14(19)10-11)17(2,3)13-6-5-7-15(20-4)16(13)18/h5-7,11-12,14H,8-10,19H2,1-4H3. The third kappa shape index (κ3) is 2.69. The number of hydrogen-bond donors (Lipinski definition) is 1. The topological polar surface area (TPSA) is 35.2 Å². The van der Waals surface area contributed by atoms with Crippen LogP contribution in [0.3, 0.4) is 0 Å². The number of methoxy groups -OCH3 is 1. The van der Waals surface area contributed by atoms with Gasteiger partial charge in [-0.3, -0.25) is 0 Å². The molecule has 1 aromatic rings. The first kappa shape index (κ1) is 15.3. The van der Waals surface area contributed by atoms with Crippen molar-refractivity contribution in [2.24, 2.45) is 17.6 Å². The van der Waals surface area contributed by atoms with Crippen molar-refractivity contribution in [3.63, 3.8) is 0 Å². The second-order valence-corrected chi connectivity index (χ2v) is 6.73. The Labute approximate surface area is 121 Å². The van der Waals surface area contributed by atoms with E-state index in [9.17, 15) is 4.39 Å². The Bertz CT molecular complexity index is 472. The molecule has 1 aliphatic carbocycles. The van der Waals surface area contributed by atoms with E-state index < -0.39 is 0 Å². The van der Waals surface area contributed by atoms with E-state index in [1.165, 1.54) is 13.5 Å². The molecule has 3 atom stereocenters. The van der Waals surface area contributed by atoms with Gasteiger partial charge in [-0.2, -0.15) is 0 Å². The number of hydrogen-bond acceptors (Lipinski definition) is 2. The van der Waals surface area contributed by atoms with Crippen molar-refractivity contribution in [1.82, 2.24) is 0 Å². The first-order valence-electron chi connectivity index (χ1n) is 7.46. The molecule has 2 rings (SSSR count). The molecule has 1 aromatic carbocycles. The van der Waals surface area contributed by atoms with E-state index in [2.05, 4.69) is 20.8 Å². The Morgan fingerprint density at radius 3 is 2.60 bits per heavy atom. The molecule has 0 amide bonds. The molecule has 0 aromatic heterocycles. The number of nitrogens with two attached hydrogens (primary N) is 1. The highest BCUT2D eigenvalue weighted by Gasteiger charge is 2.40. The predicted octanol–water partition coefficient (Wildman–Crippen LogP) is 3.88. The molecule has 20 heavy (non-hydrogen) atoms. The molecule has 0 saturated heterocycles. The zero-order valence-corrected chi connectivity index (χ0v) is 12.9.